The van der Waals surface area contributed by atoms with Gasteiger partial charge in [-0.05, 0) is 53.6 Å². The van der Waals surface area contributed by atoms with Crippen molar-refractivity contribution in [2.24, 2.45) is 4.99 Å². The molecule has 28 heavy (non-hydrogen) atoms. The predicted molar refractivity (Wildman–Crippen MR) is 121 cm³/mol. The number of phenolic OH excluding ortho intramolecular Hbond substituents is 1. The SMILES string of the molecule is Oc1ccc(Cl)cc1[C@@H]1CC(c2cccc(Br)c2)=N[C@H](c2ccc(Br)cc2)N1. The lowest BCUT2D eigenvalue weighted by atomic mass is 9.93. The number of benzene rings is 3. The van der Waals surface area contributed by atoms with E-state index in [0.717, 1.165) is 31.3 Å². The first kappa shape index (κ1) is 19.6. The highest BCUT2D eigenvalue weighted by Crippen LogP contribution is 2.36. The number of halogens is 3. The van der Waals surface area contributed by atoms with E-state index in [1.165, 1.54) is 0 Å². The van der Waals surface area contributed by atoms with Crippen molar-refractivity contribution in [2.75, 3.05) is 0 Å². The molecular weight excluding hydrogens is 504 g/mol. The van der Waals surface area contributed by atoms with E-state index in [2.05, 4.69) is 49.3 Å². The number of hydrogen-bond acceptors (Lipinski definition) is 3. The van der Waals surface area contributed by atoms with Gasteiger partial charge in [-0.2, -0.15) is 0 Å². The average molecular weight is 521 g/mol. The van der Waals surface area contributed by atoms with Crippen molar-refractivity contribution in [2.45, 2.75) is 18.6 Å². The van der Waals surface area contributed by atoms with E-state index >= 15 is 0 Å². The molecule has 6 heteroatoms. The lowest BCUT2D eigenvalue weighted by Gasteiger charge is -2.31. The lowest BCUT2D eigenvalue weighted by molar-refractivity contribution is 0.412. The highest BCUT2D eigenvalue weighted by Gasteiger charge is 2.28. The topological polar surface area (TPSA) is 44.6 Å². The zero-order valence-corrected chi connectivity index (χ0v) is 18.7. The van der Waals surface area contributed by atoms with Crippen LogP contribution >= 0.6 is 43.5 Å². The summed E-state index contributed by atoms with van der Waals surface area (Å²) >= 11 is 13.2. The van der Waals surface area contributed by atoms with E-state index in [-0.39, 0.29) is 18.0 Å². The highest BCUT2D eigenvalue weighted by atomic mass is 79.9. The van der Waals surface area contributed by atoms with Crippen LogP contribution in [0.2, 0.25) is 5.02 Å². The van der Waals surface area contributed by atoms with Crippen molar-refractivity contribution in [3.63, 3.8) is 0 Å². The molecule has 0 unspecified atom stereocenters. The van der Waals surface area contributed by atoms with Crippen LogP contribution in [0.25, 0.3) is 0 Å². The summed E-state index contributed by atoms with van der Waals surface area (Å²) in [6.45, 7) is 0. The van der Waals surface area contributed by atoms with Crippen LogP contribution in [0.4, 0.5) is 0 Å². The van der Waals surface area contributed by atoms with Gasteiger partial charge in [-0.3, -0.25) is 10.3 Å². The first-order valence-electron chi connectivity index (χ1n) is 8.82. The molecule has 0 radical (unpaired) electrons. The van der Waals surface area contributed by atoms with Crippen LogP contribution in [0.5, 0.6) is 5.75 Å². The maximum Gasteiger partial charge on any atom is 0.126 e. The number of aromatic hydroxyl groups is 1. The van der Waals surface area contributed by atoms with Gasteiger partial charge in [-0.25, -0.2) is 0 Å². The van der Waals surface area contributed by atoms with E-state index in [1.807, 2.05) is 42.5 Å². The number of rotatable bonds is 3. The molecule has 2 atom stereocenters. The second kappa shape index (κ2) is 8.37. The smallest absolute Gasteiger partial charge is 0.126 e. The molecule has 0 saturated heterocycles. The molecule has 1 heterocycles. The Balaban J connectivity index is 1.77. The first-order chi connectivity index (χ1) is 13.5. The third kappa shape index (κ3) is 4.33. The van der Waals surface area contributed by atoms with Gasteiger partial charge in [-0.15, -0.1) is 0 Å². The largest absolute Gasteiger partial charge is 0.508 e. The van der Waals surface area contributed by atoms with Crippen LogP contribution in [-0.4, -0.2) is 10.8 Å². The minimum Gasteiger partial charge on any atom is -0.508 e. The first-order valence-corrected chi connectivity index (χ1v) is 10.8. The summed E-state index contributed by atoms with van der Waals surface area (Å²) in [4.78, 5) is 4.98. The second-order valence-electron chi connectivity index (χ2n) is 6.67. The van der Waals surface area contributed by atoms with Gasteiger partial charge >= 0.3 is 0 Å². The minimum atomic E-state index is -0.223. The maximum absolute atomic E-state index is 10.4. The standard InChI is InChI=1S/C22H17Br2ClN2O/c23-15-6-4-13(5-7-15)22-26-19(14-2-1-3-16(24)10-14)12-20(27-22)18-11-17(25)8-9-21(18)28/h1-11,20,22,27-28H,12H2/t20-,22-/m0/s1. The zero-order valence-electron chi connectivity index (χ0n) is 14.7. The fourth-order valence-corrected chi connectivity index (χ4v) is 4.21. The molecule has 4 rings (SSSR count). The van der Waals surface area contributed by atoms with Gasteiger partial charge in [0.1, 0.15) is 11.9 Å². The lowest BCUT2D eigenvalue weighted by Crippen LogP contribution is -2.33. The summed E-state index contributed by atoms with van der Waals surface area (Å²) in [5.41, 5.74) is 3.88. The quantitative estimate of drug-likeness (QED) is 0.399. The van der Waals surface area contributed by atoms with Gasteiger partial charge in [0.15, 0.2) is 0 Å². The van der Waals surface area contributed by atoms with Crippen LogP contribution in [-0.2, 0) is 0 Å². The van der Waals surface area contributed by atoms with Gasteiger partial charge in [0.25, 0.3) is 0 Å². The summed E-state index contributed by atoms with van der Waals surface area (Å²) < 4.78 is 2.03. The van der Waals surface area contributed by atoms with Crippen LogP contribution in [0.1, 0.15) is 35.3 Å². The van der Waals surface area contributed by atoms with Crippen molar-refractivity contribution < 1.29 is 5.11 Å². The zero-order chi connectivity index (χ0) is 19.7. The van der Waals surface area contributed by atoms with Crippen molar-refractivity contribution in [3.8, 4) is 5.75 Å². The predicted octanol–water partition coefficient (Wildman–Crippen LogP) is 6.79. The highest BCUT2D eigenvalue weighted by molar-refractivity contribution is 9.10. The summed E-state index contributed by atoms with van der Waals surface area (Å²) in [5.74, 6) is 0.229. The van der Waals surface area contributed by atoms with Crippen LogP contribution in [0, 0.1) is 0 Å². The van der Waals surface area contributed by atoms with E-state index in [0.29, 0.717) is 11.4 Å². The molecule has 0 spiro atoms. The van der Waals surface area contributed by atoms with Gasteiger partial charge in [0, 0.05) is 37.7 Å². The van der Waals surface area contributed by atoms with Gasteiger partial charge in [0.05, 0.1) is 0 Å². The van der Waals surface area contributed by atoms with Crippen LogP contribution in [0.3, 0.4) is 0 Å². The number of nitrogens with zero attached hydrogens (tertiary/aromatic N) is 1. The fourth-order valence-electron chi connectivity index (χ4n) is 3.37. The number of aliphatic imine (C=N–C) groups is 1. The number of phenols is 1. The van der Waals surface area contributed by atoms with Gasteiger partial charge in [-0.1, -0.05) is 67.7 Å². The third-order valence-corrected chi connectivity index (χ3v) is 6.01. The van der Waals surface area contributed by atoms with Crippen molar-refractivity contribution in [1.82, 2.24) is 5.32 Å². The van der Waals surface area contributed by atoms with E-state index in [9.17, 15) is 5.11 Å². The molecule has 0 saturated carbocycles. The molecule has 1 aliphatic heterocycles. The normalized spacial score (nSPS) is 19.3. The number of nitrogens with one attached hydrogen (secondary N) is 1. The van der Waals surface area contributed by atoms with Crippen molar-refractivity contribution in [3.05, 3.63) is 97.4 Å². The average Bonchev–Trinajstić information content (AvgIpc) is 2.70. The molecule has 0 bridgehead atoms. The Morgan fingerprint density at radius 3 is 2.50 bits per heavy atom. The fraction of sp³-hybridized carbons (Fsp3) is 0.136. The molecule has 142 valence electrons. The molecule has 0 aromatic heterocycles. The molecule has 0 aliphatic carbocycles. The van der Waals surface area contributed by atoms with Crippen molar-refractivity contribution in [1.29, 1.82) is 0 Å². The maximum atomic E-state index is 10.4. The van der Waals surface area contributed by atoms with Gasteiger partial charge in [0.2, 0.25) is 0 Å². The van der Waals surface area contributed by atoms with Gasteiger partial charge < -0.3 is 5.11 Å². The van der Waals surface area contributed by atoms with E-state index in [4.69, 9.17) is 16.6 Å². The molecule has 1 aliphatic rings. The molecule has 0 fully saturated rings. The summed E-state index contributed by atoms with van der Waals surface area (Å²) in [7, 11) is 0. The molecule has 2 N–H and O–H groups in total. The molecular formula is C22H17Br2ClN2O. The molecule has 3 aromatic rings. The second-order valence-corrected chi connectivity index (χ2v) is 8.93. The Hall–Kier alpha value is -1.66. The summed E-state index contributed by atoms with van der Waals surface area (Å²) in [6.07, 6.45) is 0.427. The Kier molecular flexibility index (Phi) is 5.88. The molecule has 3 aromatic carbocycles. The van der Waals surface area contributed by atoms with Crippen LogP contribution < -0.4 is 5.32 Å². The van der Waals surface area contributed by atoms with Crippen LogP contribution in [0.15, 0.2) is 80.7 Å². The Morgan fingerprint density at radius 1 is 0.964 bits per heavy atom. The third-order valence-electron chi connectivity index (χ3n) is 4.75. The van der Waals surface area contributed by atoms with E-state index in [1.54, 1.807) is 12.1 Å². The summed E-state index contributed by atoms with van der Waals surface area (Å²) in [5, 5.41) is 14.6. The Bertz CT molecular complexity index is 1040. The molecule has 0 amide bonds. The minimum absolute atomic E-state index is 0.112. The molecule has 3 nitrogen and oxygen atoms in total. The summed E-state index contributed by atoms with van der Waals surface area (Å²) in [6, 6.07) is 21.3. The monoisotopic (exact) mass is 518 g/mol. The Morgan fingerprint density at radius 2 is 1.75 bits per heavy atom. The van der Waals surface area contributed by atoms with Crippen molar-refractivity contribution >= 4 is 49.2 Å². The van der Waals surface area contributed by atoms with E-state index < -0.39 is 0 Å². The number of hydrogen-bond donors (Lipinski definition) is 2. The Labute approximate surface area is 185 Å².